The molecule has 122 valence electrons. The fourth-order valence-corrected chi connectivity index (χ4v) is 2.21. The molecule has 0 aliphatic carbocycles. The van der Waals surface area contributed by atoms with Gasteiger partial charge in [-0.15, -0.1) is 0 Å². The highest BCUT2D eigenvalue weighted by Crippen LogP contribution is 2.25. The summed E-state index contributed by atoms with van der Waals surface area (Å²) in [6, 6.07) is 13.4. The molecule has 4 nitrogen and oxygen atoms in total. The summed E-state index contributed by atoms with van der Waals surface area (Å²) in [5, 5.41) is 2.93. The van der Waals surface area contributed by atoms with Gasteiger partial charge in [0.2, 0.25) is 0 Å². The molecule has 0 fully saturated rings. The van der Waals surface area contributed by atoms with Crippen molar-refractivity contribution in [2.45, 2.75) is 27.3 Å². The zero-order valence-electron chi connectivity index (χ0n) is 13.9. The van der Waals surface area contributed by atoms with Crippen LogP contribution in [0.2, 0.25) is 0 Å². The van der Waals surface area contributed by atoms with Crippen LogP contribution in [0.3, 0.4) is 0 Å². The third kappa shape index (κ3) is 4.74. The Kier molecular flexibility index (Phi) is 6.03. The maximum Gasteiger partial charge on any atom is 0.255 e. The molecule has 0 heterocycles. The van der Waals surface area contributed by atoms with Crippen LogP contribution in [0.25, 0.3) is 0 Å². The molecule has 4 heteroatoms. The van der Waals surface area contributed by atoms with Gasteiger partial charge in [0.25, 0.3) is 5.91 Å². The van der Waals surface area contributed by atoms with E-state index in [1.54, 1.807) is 18.2 Å². The average Bonchev–Trinajstić information content (AvgIpc) is 2.55. The normalized spacial score (nSPS) is 10.2. The van der Waals surface area contributed by atoms with Crippen molar-refractivity contribution in [3.05, 3.63) is 59.2 Å². The minimum atomic E-state index is -0.155. The summed E-state index contributed by atoms with van der Waals surface area (Å²) < 4.78 is 11.0. The summed E-state index contributed by atoms with van der Waals surface area (Å²) in [5.74, 6) is 1.09. The zero-order valence-corrected chi connectivity index (χ0v) is 13.9. The van der Waals surface area contributed by atoms with Gasteiger partial charge < -0.3 is 14.8 Å². The topological polar surface area (TPSA) is 47.6 Å². The number of rotatable bonds is 7. The van der Waals surface area contributed by atoms with Crippen LogP contribution in [-0.2, 0) is 6.54 Å². The minimum absolute atomic E-state index is 0.155. The quantitative estimate of drug-likeness (QED) is 0.847. The molecule has 0 saturated carbocycles. The summed E-state index contributed by atoms with van der Waals surface area (Å²) in [5.41, 5.74) is 2.78. The van der Waals surface area contributed by atoms with E-state index < -0.39 is 0 Å². The first kappa shape index (κ1) is 16.9. The largest absolute Gasteiger partial charge is 0.494 e. The molecule has 0 radical (unpaired) electrons. The lowest BCUT2D eigenvalue weighted by molar-refractivity contribution is 0.0947. The Morgan fingerprint density at radius 1 is 1.00 bits per heavy atom. The fraction of sp³-hybridized carbons (Fsp3) is 0.316. The average molecular weight is 313 g/mol. The SMILES string of the molecule is CCOc1ccc(C(=O)NCc2ccc(C)cc2)c(OCC)c1. The van der Waals surface area contributed by atoms with E-state index >= 15 is 0 Å². The van der Waals surface area contributed by atoms with Gasteiger partial charge in [-0.3, -0.25) is 4.79 Å². The molecule has 0 aliphatic rings. The van der Waals surface area contributed by atoms with Gasteiger partial charge in [0.1, 0.15) is 11.5 Å². The summed E-state index contributed by atoms with van der Waals surface area (Å²) in [6.07, 6.45) is 0. The summed E-state index contributed by atoms with van der Waals surface area (Å²) >= 11 is 0. The number of nitrogens with one attached hydrogen (secondary N) is 1. The molecule has 2 aromatic rings. The van der Waals surface area contributed by atoms with E-state index in [0.717, 1.165) is 5.56 Å². The monoisotopic (exact) mass is 313 g/mol. The first-order valence-corrected chi connectivity index (χ1v) is 7.87. The highest BCUT2D eigenvalue weighted by Gasteiger charge is 2.13. The van der Waals surface area contributed by atoms with Gasteiger partial charge in [-0.25, -0.2) is 0 Å². The highest BCUT2D eigenvalue weighted by molar-refractivity contribution is 5.97. The Bertz CT molecular complexity index is 650. The van der Waals surface area contributed by atoms with Gasteiger partial charge in [0.15, 0.2) is 0 Å². The Labute approximate surface area is 137 Å². The van der Waals surface area contributed by atoms with Crippen LogP contribution < -0.4 is 14.8 Å². The molecule has 0 aromatic heterocycles. The van der Waals surface area contributed by atoms with E-state index in [9.17, 15) is 4.79 Å². The molecule has 0 spiro atoms. The van der Waals surface area contributed by atoms with Crippen molar-refractivity contribution in [2.24, 2.45) is 0 Å². The lowest BCUT2D eigenvalue weighted by Gasteiger charge is -2.13. The Morgan fingerprint density at radius 3 is 2.35 bits per heavy atom. The van der Waals surface area contributed by atoms with Gasteiger partial charge in [-0.05, 0) is 38.5 Å². The van der Waals surface area contributed by atoms with Gasteiger partial charge in [0, 0.05) is 12.6 Å². The summed E-state index contributed by atoms with van der Waals surface area (Å²) in [6.45, 7) is 7.40. The van der Waals surface area contributed by atoms with E-state index in [-0.39, 0.29) is 5.91 Å². The van der Waals surface area contributed by atoms with Crippen LogP contribution in [0.15, 0.2) is 42.5 Å². The molecule has 2 aromatic carbocycles. The molecule has 2 rings (SSSR count). The Morgan fingerprint density at radius 2 is 1.70 bits per heavy atom. The predicted octanol–water partition coefficient (Wildman–Crippen LogP) is 3.72. The van der Waals surface area contributed by atoms with E-state index in [1.807, 2.05) is 45.0 Å². The molecular formula is C19H23NO3. The van der Waals surface area contributed by atoms with Gasteiger partial charge >= 0.3 is 0 Å². The van der Waals surface area contributed by atoms with E-state index in [0.29, 0.717) is 36.8 Å². The van der Waals surface area contributed by atoms with Crippen LogP contribution >= 0.6 is 0 Å². The van der Waals surface area contributed by atoms with Crippen LogP contribution in [0.5, 0.6) is 11.5 Å². The van der Waals surface area contributed by atoms with Crippen molar-refractivity contribution in [1.29, 1.82) is 0 Å². The maximum atomic E-state index is 12.4. The number of ether oxygens (including phenoxy) is 2. The highest BCUT2D eigenvalue weighted by atomic mass is 16.5. The number of hydrogen-bond acceptors (Lipinski definition) is 3. The molecule has 23 heavy (non-hydrogen) atoms. The number of carbonyl (C=O) groups excluding carboxylic acids is 1. The summed E-state index contributed by atoms with van der Waals surface area (Å²) in [4.78, 5) is 12.4. The van der Waals surface area contributed by atoms with Crippen molar-refractivity contribution < 1.29 is 14.3 Å². The smallest absolute Gasteiger partial charge is 0.255 e. The molecule has 0 atom stereocenters. The first-order chi connectivity index (χ1) is 11.1. The third-order valence-electron chi connectivity index (χ3n) is 3.38. The number of hydrogen-bond donors (Lipinski definition) is 1. The minimum Gasteiger partial charge on any atom is -0.494 e. The van der Waals surface area contributed by atoms with E-state index in [4.69, 9.17) is 9.47 Å². The second-order valence-corrected chi connectivity index (χ2v) is 5.19. The van der Waals surface area contributed by atoms with E-state index in [1.165, 1.54) is 5.56 Å². The predicted molar refractivity (Wildman–Crippen MR) is 91.1 cm³/mol. The lowest BCUT2D eigenvalue weighted by atomic mass is 10.1. The van der Waals surface area contributed by atoms with E-state index in [2.05, 4.69) is 5.32 Å². The van der Waals surface area contributed by atoms with Crippen LogP contribution in [-0.4, -0.2) is 19.1 Å². The first-order valence-electron chi connectivity index (χ1n) is 7.87. The molecular weight excluding hydrogens is 290 g/mol. The van der Waals surface area contributed by atoms with Crippen molar-refractivity contribution in [1.82, 2.24) is 5.32 Å². The second kappa shape index (κ2) is 8.22. The molecule has 1 amide bonds. The fourth-order valence-electron chi connectivity index (χ4n) is 2.21. The zero-order chi connectivity index (χ0) is 16.7. The molecule has 0 saturated heterocycles. The van der Waals surface area contributed by atoms with Crippen molar-refractivity contribution in [2.75, 3.05) is 13.2 Å². The summed E-state index contributed by atoms with van der Waals surface area (Å²) in [7, 11) is 0. The molecule has 1 N–H and O–H groups in total. The number of amides is 1. The van der Waals surface area contributed by atoms with Crippen LogP contribution in [0, 0.1) is 6.92 Å². The molecule has 0 aliphatic heterocycles. The van der Waals surface area contributed by atoms with Gasteiger partial charge in [-0.2, -0.15) is 0 Å². The molecule has 0 unspecified atom stereocenters. The number of carbonyl (C=O) groups is 1. The number of aryl methyl sites for hydroxylation is 1. The third-order valence-corrected chi connectivity index (χ3v) is 3.38. The van der Waals surface area contributed by atoms with Crippen molar-refractivity contribution in [3.63, 3.8) is 0 Å². The van der Waals surface area contributed by atoms with Crippen molar-refractivity contribution >= 4 is 5.91 Å². The standard InChI is InChI=1S/C19H23NO3/c1-4-22-16-10-11-17(18(12-16)23-5-2)19(21)20-13-15-8-6-14(3)7-9-15/h6-12H,4-5,13H2,1-3H3,(H,20,21). The van der Waals surface area contributed by atoms with Crippen LogP contribution in [0.4, 0.5) is 0 Å². The van der Waals surface area contributed by atoms with Gasteiger partial charge in [0.05, 0.1) is 18.8 Å². The Hall–Kier alpha value is -2.49. The van der Waals surface area contributed by atoms with Crippen LogP contribution in [0.1, 0.15) is 35.3 Å². The Balaban J connectivity index is 2.09. The second-order valence-electron chi connectivity index (χ2n) is 5.19. The maximum absolute atomic E-state index is 12.4. The van der Waals surface area contributed by atoms with Crippen molar-refractivity contribution in [3.8, 4) is 11.5 Å². The number of benzene rings is 2. The lowest BCUT2D eigenvalue weighted by Crippen LogP contribution is -2.23. The molecule has 0 bridgehead atoms. The van der Waals surface area contributed by atoms with Gasteiger partial charge in [-0.1, -0.05) is 29.8 Å².